The van der Waals surface area contributed by atoms with Crippen molar-refractivity contribution in [2.75, 3.05) is 94.1 Å². The van der Waals surface area contributed by atoms with Gasteiger partial charge >= 0.3 is 18.2 Å². The predicted molar refractivity (Wildman–Crippen MR) is 383 cm³/mol. The number of ether oxygens (including phenoxy) is 10. The molecule has 0 saturated carbocycles. The lowest BCUT2D eigenvalue weighted by Crippen LogP contribution is -2.57. The molecule has 534 valence electrons. The molecular formula is C75H82ClN5O18S2. The number of carbonyl (C=O) groups is 6. The number of phenols is 1. The molecule has 101 heavy (non-hydrogen) atoms. The van der Waals surface area contributed by atoms with Gasteiger partial charge in [0.25, 0.3) is 11.8 Å². The van der Waals surface area contributed by atoms with Crippen molar-refractivity contribution in [1.29, 1.82) is 0 Å². The van der Waals surface area contributed by atoms with Gasteiger partial charge in [-0.1, -0.05) is 61.7 Å². The number of carbonyl (C=O) groups excluding carboxylic acids is 5. The molecule has 26 heteroatoms. The summed E-state index contributed by atoms with van der Waals surface area (Å²) in [6, 6.07) is 18.5. The van der Waals surface area contributed by atoms with Crippen LogP contribution < -0.4 is 33.6 Å². The van der Waals surface area contributed by atoms with Crippen molar-refractivity contribution in [3.63, 3.8) is 0 Å². The van der Waals surface area contributed by atoms with E-state index in [1.54, 1.807) is 67.7 Å². The summed E-state index contributed by atoms with van der Waals surface area (Å²) < 4.78 is 60.1. The molecule has 0 radical (unpaired) electrons. The molecule has 7 aliphatic heterocycles. The number of halogens is 1. The molecule has 0 spiro atoms. The van der Waals surface area contributed by atoms with Crippen molar-refractivity contribution in [2.24, 2.45) is 0 Å². The molecule has 0 bridgehead atoms. The second-order valence-electron chi connectivity index (χ2n) is 25.1. The number of fused-ring (bicyclic) bond motifs is 7. The molecule has 5 amide bonds. The van der Waals surface area contributed by atoms with E-state index in [0.717, 1.165) is 64.3 Å². The van der Waals surface area contributed by atoms with Gasteiger partial charge in [0.2, 0.25) is 5.91 Å². The summed E-state index contributed by atoms with van der Waals surface area (Å²) in [5.41, 5.74) is 6.77. The highest BCUT2D eigenvalue weighted by atomic mass is 35.5. The van der Waals surface area contributed by atoms with E-state index in [0.29, 0.717) is 76.5 Å². The van der Waals surface area contributed by atoms with Crippen LogP contribution in [0.1, 0.15) is 120 Å². The molecule has 7 aliphatic rings. The van der Waals surface area contributed by atoms with E-state index < -0.39 is 55.3 Å². The van der Waals surface area contributed by atoms with Crippen LogP contribution in [0.4, 0.5) is 26.7 Å². The van der Waals surface area contributed by atoms with Crippen molar-refractivity contribution < 1.29 is 86.3 Å². The van der Waals surface area contributed by atoms with Crippen LogP contribution in [0.5, 0.6) is 28.7 Å². The van der Waals surface area contributed by atoms with Gasteiger partial charge in [0.15, 0.2) is 48.0 Å². The first-order valence-corrected chi connectivity index (χ1v) is 36.4. The highest BCUT2D eigenvalue weighted by Crippen LogP contribution is 2.48. The molecule has 2 aromatic heterocycles. The van der Waals surface area contributed by atoms with Gasteiger partial charge in [-0.15, -0.1) is 11.6 Å². The maximum Gasteiger partial charge on any atom is 0.416 e. The molecule has 2 N–H and O–H groups in total. The second-order valence-corrected chi connectivity index (χ2v) is 27.0. The maximum absolute atomic E-state index is 14.6. The maximum atomic E-state index is 14.6. The number of phenolic OH excluding ortho intramolecular Hbond substituents is 1. The molecule has 6 aromatic rings. The average molecular weight is 1440 g/mol. The zero-order valence-corrected chi connectivity index (χ0v) is 58.7. The Morgan fingerprint density at radius 3 is 1.60 bits per heavy atom. The van der Waals surface area contributed by atoms with E-state index in [1.165, 1.54) is 36.2 Å². The van der Waals surface area contributed by atoms with Crippen LogP contribution in [-0.4, -0.2) is 172 Å². The largest absolute Gasteiger partial charge is 0.507 e. The number of rotatable bonds is 23. The van der Waals surface area contributed by atoms with Gasteiger partial charge in [0.1, 0.15) is 19.0 Å². The molecule has 4 aromatic carbocycles. The van der Waals surface area contributed by atoms with E-state index in [4.69, 9.17) is 64.1 Å². The zero-order valence-electron chi connectivity index (χ0n) is 56.3. The third-order valence-corrected chi connectivity index (χ3v) is 20.6. The first-order chi connectivity index (χ1) is 49.2. The number of hydrogen-bond acceptors (Lipinski definition) is 19. The Balaban J connectivity index is 0.000000200. The Kier molecular flexibility index (Phi) is 23.6. The van der Waals surface area contributed by atoms with Gasteiger partial charge in [0.05, 0.1) is 67.7 Å². The van der Waals surface area contributed by atoms with E-state index in [2.05, 4.69) is 23.9 Å². The van der Waals surface area contributed by atoms with E-state index in [-0.39, 0.29) is 121 Å². The van der Waals surface area contributed by atoms with Gasteiger partial charge in [-0.05, 0) is 143 Å². The standard InChI is InChI=1S/C44H46ClN3O9S.C31H36N2O9S/c1-3-16-56-44(52)48-33-23-38(54-18-8-11-39(50)47-25-29(24-45)41-31-10-5-4-9-30(31)36(49)22-34(41)47)37(53-2)21-32(33)42(51)46-15-13-27(28-14-19-58-26-28)20-35(46)43(48)57-40-12-6-7-17-55-40;1-3-12-41-31(37)33-23-18-26(39-14-6-7-27(34)35)25(38-2)17-22(23)29(36)32-11-9-20(21-10-15-43-19-21)16-24(32)30(33)42-28-8-4-5-13-40-28/h3-5,9-10,13-14,19,21-23,26,29,35,40,43,49H,1,6-8,11-12,15-18,20,24-25H2,2H3;3,9-10,15,17-19,24,28,30H,1,4-8,11-14,16H2,2H3,(H,34,35)/t29-,35+,40?,43?;24-,28?,30?/m10/s1. The van der Waals surface area contributed by atoms with E-state index in [1.807, 2.05) is 59.3 Å². The van der Waals surface area contributed by atoms with Gasteiger partial charge in [-0.3, -0.25) is 19.2 Å². The predicted octanol–water partition coefficient (Wildman–Crippen LogP) is 13.8. The van der Waals surface area contributed by atoms with Crippen LogP contribution in [0, 0.1) is 0 Å². The second kappa shape index (κ2) is 33.2. The number of hydrogen-bond donors (Lipinski definition) is 2. The number of nitrogens with zero attached hydrogens (tertiary/aromatic N) is 5. The topological polar surface area (TPSA) is 251 Å². The summed E-state index contributed by atoms with van der Waals surface area (Å²) in [4.78, 5) is 89.6. The van der Waals surface area contributed by atoms with Crippen molar-refractivity contribution >= 4 is 109 Å². The fourth-order valence-corrected chi connectivity index (χ4v) is 15.6. The van der Waals surface area contributed by atoms with Crippen molar-refractivity contribution in [2.45, 2.75) is 120 Å². The number of carboxylic acids is 1. The summed E-state index contributed by atoms with van der Waals surface area (Å²) in [6.45, 7) is 9.58. The Hall–Kier alpha value is -8.95. The number of aliphatic carboxylic acids is 1. The Morgan fingerprint density at radius 2 is 1.16 bits per heavy atom. The Bertz CT molecular complexity index is 4080. The van der Waals surface area contributed by atoms with Crippen molar-refractivity contribution in [3.05, 3.63) is 154 Å². The molecular weight excluding hydrogens is 1360 g/mol. The molecule has 2 fully saturated rings. The lowest BCUT2D eigenvalue weighted by Gasteiger charge is -2.42. The molecule has 13 rings (SSSR count). The molecule has 7 atom stereocenters. The summed E-state index contributed by atoms with van der Waals surface area (Å²) in [7, 11) is 2.94. The van der Waals surface area contributed by atoms with Crippen molar-refractivity contribution in [1.82, 2.24) is 9.80 Å². The lowest BCUT2D eigenvalue weighted by atomic mass is 9.94. The van der Waals surface area contributed by atoms with Crippen LogP contribution in [0.2, 0.25) is 0 Å². The number of aromatic hydroxyl groups is 1. The number of benzene rings is 4. The minimum absolute atomic E-state index is 0.0472. The number of carboxylic acid groups (broad SMARTS) is 1. The third-order valence-electron chi connectivity index (χ3n) is 18.9. The quantitative estimate of drug-likeness (QED) is 0.0343. The minimum Gasteiger partial charge on any atom is -0.507 e. The summed E-state index contributed by atoms with van der Waals surface area (Å²) in [5, 5.41) is 29.6. The third kappa shape index (κ3) is 15.8. The summed E-state index contributed by atoms with van der Waals surface area (Å²) in [6.07, 6.45) is 8.96. The summed E-state index contributed by atoms with van der Waals surface area (Å²) in [5.74, 6) is -0.197. The van der Waals surface area contributed by atoms with Gasteiger partial charge in [-0.2, -0.15) is 22.7 Å². The average Bonchev–Trinajstić information content (AvgIpc) is 1.62. The SMILES string of the molecule is C=CCOC(=O)N1c2cc(OCCCC(=O)N3C[C@@H](CCl)c4c3cc(O)c3ccccc43)c(OC)cc2C(=O)N2CC=C(c3ccsc3)C[C@H]2C1OC1CCCCO1.C=CCOC(=O)N1c2cc(OCCCC(=O)O)c(OC)cc2C(=O)N2CC=C(c3ccsc3)C[C@H]2C1OC1CCCCO1. The fourth-order valence-electron chi connectivity index (χ4n) is 14.0. The molecule has 4 unspecified atom stereocenters. The molecule has 9 heterocycles. The number of anilines is 3. The number of thiophene rings is 2. The van der Waals surface area contributed by atoms with Gasteiger partial charge in [0, 0.05) is 81.1 Å². The highest BCUT2D eigenvalue weighted by Gasteiger charge is 2.50. The van der Waals surface area contributed by atoms with Gasteiger partial charge < -0.3 is 72.3 Å². The Morgan fingerprint density at radius 1 is 0.653 bits per heavy atom. The number of amides is 5. The van der Waals surface area contributed by atoms with Crippen LogP contribution in [0.15, 0.2) is 126 Å². The monoisotopic (exact) mass is 1440 g/mol. The normalized spacial score (nSPS) is 21.5. The van der Waals surface area contributed by atoms with Crippen molar-refractivity contribution in [3.8, 4) is 28.7 Å². The van der Waals surface area contributed by atoms with Crippen LogP contribution >= 0.6 is 34.3 Å². The molecule has 0 aliphatic carbocycles. The molecule has 2 saturated heterocycles. The molecule has 23 nitrogen and oxygen atoms in total. The zero-order chi connectivity index (χ0) is 70.7. The van der Waals surface area contributed by atoms with Gasteiger partial charge in [-0.25, -0.2) is 19.4 Å². The Labute approximate surface area is 598 Å². The first kappa shape index (κ1) is 71.9. The smallest absolute Gasteiger partial charge is 0.416 e. The number of methoxy groups -OCH3 is 2. The first-order valence-electron chi connectivity index (χ1n) is 34.0. The van der Waals surface area contributed by atoms with E-state index in [9.17, 15) is 33.9 Å². The minimum atomic E-state index is -0.983. The number of alkyl halides is 1. The van der Waals surface area contributed by atoms with E-state index >= 15 is 0 Å². The summed E-state index contributed by atoms with van der Waals surface area (Å²) >= 11 is 9.59. The lowest BCUT2D eigenvalue weighted by molar-refractivity contribution is -0.197. The fraction of sp³-hybridized carbons (Fsp3) is 0.413. The van der Waals surface area contributed by atoms with Crippen LogP contribution in [0.25, 0.3) is 21.9 Å². The van der Waals surface area contributed by atoms with Crippen LogP contribution in [-0.2, 0) is 38.0 Å². The highest BCUT2D eigenvalue weighted by molar-refractivity contribution is 7.08. The van der Waals surface area contributed by atoms with Crippen LogP contribution in [0.3, 0.4) is 0 Å².